The van der Waals surface area contributed by atoms with Gasteiger partial charge >= 0.3 is 0 Å². The van der Waals surface area contributed by atoms with Crippen LogP contribution in [0.5, 0.6) is 0 Å². The highest BCUT2D eigenvalue weighted by Crippen LogP contribution is 2.34. The van der Waals surface area contributed by atoms with E-state index in [4.69, 9.17) is 4.74 Å². The molecule has 128 valence electrons. The van der Waals surface area contributed by atoms with Gasteiger partial charge in [0.2, 0.25) is 5.91 Å². The molecule has 1 atom stereocenters. The van der Waals surface area contributed by atoms with Gasteiger partial charge in [0.05, 0.1) is 18.6 Å². The van der Waals surface area contributed by atoms with Gasteiger partial charge in [0.1, 0.15) is 0 Å². The highest BCUT2D eigenvalue weighted by atomic mass is 16.5. The van der Waals surface area contributed by atoms with Crippen LogP contribution in [-0.2, 0) is 16.0 Å². The van der Waals surface area contributed by atoms with E-state index < -0.39 is 5.54 Å². The Bertz CT molecular complexity index is 584. The first kappa shape index (κ1) is 17.5. The molecule has 1 aromatic heterocycles. The van der Waals surface area contributed by atoms with Crippen LogP contribution in [0.4, 0.5) is 0 Å². The summed E-state index contributed by atoms with van der Waals surface area (Å²) in [6.07, 6.45) is 2.65. The first-order valence-electron chi connectivity index (χ1n) is 8.04. The largest absolute Gasteiger partial charge is 0.382 e. The zero-order chi connectivity index (χ0) is 17.0. The molecule has 0 spiro atoms. The first-order valence-corrected chi connectivity index (χ1v) is 8.04. The van der Waals surface area contributed by atoms with Gasteiger partial charge in [-0.15, -0.1) is 0 Å². The van der Waals surface area contributed by atoms with Gasteiger partial charge in [-0.2, -0.15) is 5.10 Å². The third kappa shape index (κ3) is 3.24. The maximum Gasteiger partial charge on any atom is 0.275 e. The smallest absolute Gasteiger partial charge is 0.275 e. The normalized spacial score (nSPS) is 20.8. The maximum absolute atomic E-state index is 13.0. The Kier molecular flexibility index (Phi) is 5.41. The summed E-state index contributed by atoms with van der Waals surface area (Å²) in [5, 5.41) is 9.77. The van der Waals surface area contributed by atoms with Crippen molar-refractivity contribution in [3.8, 4) is 0 Å². The monoisotopic (exact) mass is 322 g/mol. The Balaban J connectivity index is 2.32. The molecule has 1 fully saturated rings. The number of nitrogens with zero attached hydrogens (tertiary/aromatic N) is 2. The highest BCUT2D eigenvalue weighted by Gasteiger charge is 2.46. The van der Waals surface area contributed by atoms with Gasteiger partial charge in [0, 0.05) is 32.0 Å². The number of likely N-dealkylation sites (tertiary alicyclic amines) is 1. The number of carbonyl (C=O) groups is 2. The van der Waals surface area contributed by atoms with E-state index in [9.17, 15) is 9.59 Å². The molecule has 2 N–H and O–H groups in total. The van der Waals surface area contributed by atoms with Crippen LogP contribution in [0.25, 0.3) is 0 Å². The molecule has 2 amide bonds. The molecule has 7 nitrogen and oxygen atoms in total. The van der Waals surface area contributed by atoms with Crippen LogP contribution >= 0.6 is 0 Å². The van der Waals surface area contributed by atoms with Crippen LogP contribution in [-0.4, -0.2) is 59.8 Å². The zero-order valence-corrected chi connectivity index (χ0v) is 14.4. The lowest BCUT2D eigenvalue weighted by molar-refractivity contribution is -0.123. The number of aromatic nitrogens is 2. The number of rotatable bonds is 6. The standard InChI is InChI=1S/C16H26N4O3/c1-5-12-11(2)14(19-18-12)15(22)20-8-6-7-16(20,10-23-4)9-13(21)17-3/h5-10H2,1-4H3,(H,17,21)(H,18,19)/t16-/m0/s1. The number of nitrogens with one attached hydrogen (secondary N) is 2. The van der Waals surface area contributed by atoms with E-state index >= 15 is 0 Å². The Morgan fingerprint density at radius 3 is 2.78 bits per heavy atom. The predicted molar refractivity (Wildman–Crippen MR) is 86.3 cm³/mol. The molecule has 1 aromatic rings. The second-order valence-corrected chi connectivity index (χ2v) is 6.10. The number of aryl methyl sites for hydroxylation is 1. The van der Waals surface area contributed by atoms with Crippen molar-refractivity contribution in [2.45, 2.75) is 45.1 Å². The molecular formula is C16H26N4O3. The number of methoxy groups -OCH3 is 1. The Morgan fingerprint density at radius 1 is 1.48 bits per heavy atom. The number of H-pyrrole nitrogens is 1. The minimum absolute atomic E-state index is 0.0882. The number of aromatic amines is 1. The molecule has 0 radical (unpaired) electrons. The second kappa shape index (κ2) is 7.12. The van der Waals surface area contributed by atoms with E-state index in [2.05, 4.69) is 15.5 Å². The Morgan fingerprint density at radius 2 is 2.22 bits per heavy atom. The molecule has 0 unspecified atom stereocenters. The van der Waals surface area contributed by atoms with Crippen LogP contribution in [0, 0.1) is 6.92 Å². The molecule has 7 heteroatoms. The van der Waals surface area contributed by atoms with E-state index in [1.165, 1.54) is 0 Å². The van der Waals surface area contributed by atoms with Crippen LogP contribution in [0.15, 0.2) is 0 Å². The van der Waals surface area contributed by atoms with Gasteiger partial charge < -0.3 is 15.0 Å². The third-order valence-electron chi connectivity index (χ3n) is 4.69. The fourth-order valence-electron chi connectivity index (χ4n) is 3.41. The van der Waals surface area contributed by atoms with Gasteiger partial charge in [-0.25, -0.2) is 0 Å². The molecule has 0 saturated carbocycles. The van der Waals surface area contributed by atoms with E-state index in [-0.39, 0.29) is 18.2 Å². The van der Waals surface area contributed by atoms with Crippen molar-refractivity contribution in [3.05, 3.63) is 17.0 Å². The summed E-state index contributed by atoms with van der Waals surface area (Å²) in [7, 11) is 3.21. The topological polar surface area (TPSA) is 87.3 Å². The van der Waals surface area contributed by atoms with E-state index in [0.29, 0.717) is 18.8 Å². The summed E-state index contributed by atoms with van der Waals surface area (Å²) in [6, 6.07) is 0. The van der Waals surface area contributed by atoms with Crippen molar-refractivity contribution >= 4 is 11.8 Å². The Hall–Kier alpha value is -1.89. The van der Waals surface area contributed by atoms with Crippen LogP contribution in [0.3, 0.4) is 0 Å². The predicted octanol–water partition coefficient (Wildman–Crippen LogP) is 1.04. The van der Waals surface area contributed by atoms with E-state index in [1.807, 2.05) is 13.8 Å². The fourth-order valence-corrected chi connectivity index (χ4v) is 3.41. The number of hydrogen-bond donors (Lipinski definition) is 2. The molecule has 1 aliphatic rings. The molecule has 2 rings (SSSR count). The van der Waals surface area contributed by atoms with Gasteiger partial charge in [-0.1, -0.05) is 6.92 Å². The van der Waals surface area contributed by atoms with Gasteiger partial charge in [-0.3, -0.25) is 14.7 Å². The number of hydrogen-bond acceptors (Lipinski definition) is 4. The molecule has 0 bridgehead atoms. The Labute approximate surface area is 136 Å². The quantitative estimate of drug-likeness (QED) is 0.819. The summed E-state index contributed by atoms with van der Waals surface area (Å²) < 4.78 is 5.35. The van der Waals surface area contributed by atoms with E-state index in [1.54, 1.807) is 19.1 Å². The van der Waals surface area contributed by atoms with Crippen molar-refractivity contribution in [1.82, 2.24) is 20.4 Å². The van der Waals surface area contributed by atoms with Crippen molar-refractivity contribution in [2.24, 2.45) is 0 Å². The van der Waals surface area contributed by atoms with Crippen LogP contribution < -0.4 is 5.32 Å². The number of ether oxygens (including phenoxy) is 1. The van der Waals surface area contributed by atoms with Crippen molar-refractivity contribution in [3.63, 3.8) is 0 Å². The summed E-state index contributed by atoms with van der Waals surface area (Å²) >= 11 is 0. The first-order chi connectivity index (χ1) is 11.0. The zero-order valence-electron chi connectivity index (χ0n) is 14.4. The molecule has 0 aliphatic carbocycles. The fraction of sp³-hybridized carbons (Fsp3) is 0.688. The lowest BCUT2D eigenvalue weighted by Crippen LogP contribution is -2.53. The van der Waals surface area contributed by atoms with Crippen LogP contribution in [0.2, 0.25) is 0 Å². The van der Waals surface area contributed by atoms with Crippen molar-refractivity contribution in [1.29, 1.82) is 0 Å². The summed E-state index contributed by atoms with van der Waals surface area (Å²) in [4.78, 5) is 26.7. The highest BCUT2D eigenvalue weighted by molar-refractivity contribution is 5.95. The summed E-state index contributed by atoms with van der Waals surface area (Å²) in [5.41, 5.74) is 1.71. The molecule has 0 aromatic carbocycles. The number of carbonyl (C=O) groups excluding carboxylic acids is 2. The average molecular weight is 322 g/mol. The summed E-state index contributed by atoms with van der Waals surface area (Å²) in [5.74, 6) is -0.216. The number of amides is 2. The van der Waals surface area contributed by atoms with Crippen LogP contribution in [0.1, 0.15) is 47.9 Å². The van der Waals surface area contributed by atoms with Crippen molar-refractivity contribution < 1.29 is 14.3 Å². The SMILES string of the molecule is CCc1[nH]nc(C(=O)N2CCC[C@@]2(COC)CC(=O)NC)c1C. The van der Waals surface area contributed by atoms with Gasteiger partial charge in [0.15, 0.2) is 5.69 Å². The molecule has 2 heterocycles. The minimum atomic E-state index is -0.594. The van der Waals surface area contributed by atoms with Gasteiger partial charge in [0.25, 0.3) is 5.91 Å². The molecule has 23 heavy (non-hydrogen) atoms. The molecular weight excluding hydrogens is 296 g/mol. The lowest BCUT2D eigenvalue weighted by Gasteiger charge is -2.37. The molecule has 1 saturated heterocycles. The summed E-state index contributed by atoms with van der Waals surface area (Å²) in [6.45, 7) is 4.89. The van der Waals surface area contributed by atoms with Gasteiger partial charge in [-0.05, 0) is 26.2 Å². The van der Waals surface area contributed by atoms with E-state index in [0.717, 1.165) is 30.5 Å². The maximum atomic E-state index is 13.0. The third-order valence-corrected chi connectivity index (χ3v) is 4.69. The lowest BCUT2D eigenvalue weighted by atomic mass is 9.91. The molecule has 1 aliphatic heterocycles. The minimum Gasteiger partial charge on any atom is -0.382 e. The second-order valence-electron chi connectivity index (χ2n) is 6.10. The average Bonchev–Trinajstić information content (AvgIpc) is 3.10. The van der Waals surface area contributed by atoms with Crippen molar-refractivity contribution in [2.75, 3.05) is 27.3 Å².